The number of hydrogen-bond donors (Lipinski definition) is 0. The largest absolute Gasteiger partial charge is 0.274 e. The van der Waals surface area contributed by atoms with Crippen LogP contribution in [0.25, 0.3) is 0 Å². The number of rotatable bonds is 6. The number of amides is 4. The highest BCUT2D eigenvalue weighted by Crippen LogP contribution is 2.52. The number of hydrogen-bond acceptors (Lipinski definition) is 4. The lowest BCUT2D eigenvalue weighted by Gasteiger charge is -2.32. The fourth-order valence-corrected chi connectivity index (χ4v) is 9.13. The molecule has 52 heavy (non-hydrogen) atoms. The van der Waals surface area contributed by atoms with Gasteiger partial charge in [0.1, 0.15) is 0 Å². The van der Waals surface area contributed by atoms with Crippen LogP contribution < -0.4 is 9.80 Å². The predicted octanol–water partition coefficient (Wildman–Crippen LogP) is 8.17. The van der Waals surface area contributed by atoms with Crippen molar-refractivity contribution >= 4 is 35.0 Å². The third-order valence-electron chi connectivity index (χ3n) is 11.5. The molecule has 9 rings (SSSR count). The van der Waals surface area contributed by atoms with E-state index in [1.54, 1.807) is 24.3 Å². The molecule has 2 aliphatic heterocycles. The summed E-state index contributed by atoms with van der Waals surface area (Å²) < 4.78 is 0. The Morgan fingerprint density at radius 3 is 0.712 bits per heavy atom. The molecule has 0 spiro atoms. The monoisotopic (exact) mass is 680 g/mol. The molecule has 4 aliphatic rings. The minimum Gasteiger partial charge on any atom is -0.274 e. The molecule has 254 valence electrons. The lowest BCUT2D eigenvalue weighted by atomic mass is 9.68. The summed E-state index contributed by atoms with van der Waals surface area (Å²) in [4.78, 5) is 60.3. The first-order valence-electron chi connectivity index (χ1n) is 17.9. The van der Waals surface area contributed by atoms with Crippen LogP contribution in [0.5, 0.6) is 0 Å². The van der Waals surface area contributed by atoms with E-state index in [0.29, 0.717) is 11.4 Å². The van der Waals surface area contributed by atoms with E-state index >= 15 is 0 Å². The van der Waals surface area contributed by atoms with Crippen molar-refractivity contribution < 1.29 is 19.2 Å². The maximum atomic E-state index is 14.4. The number of fused-ring (bicyclic) bond motifs is 2. The van der Waals surface area contributed by atoms with E-state index in [-0.39, 0.29) is 47.3 Å². The van der Waals surface area contributed by atoms with Crippen LogP contribution in [-0.2, 0) is 19.2 Å². The van der Waals surface area contributed by atoms with Crippen LogP contribution in [-0.4, -0.2) is 23.6 Å². The molecule has 6 nitrogen and oxygen atoms in total. The van der Waals surface area contributed by atoms with Crippen LogP contribution in [0.4, 0.5) is 11.4 Å². The Labute approximate surface area is 302 Å². The van der Waals surface area contributed by atoms with Gasteiger partial charge in [-0.05, 0) is 46.5 Å². The second kappa shape index (κ2) is 12.9. The van der Waals surface area contributed by atoms with Gasteiger partial charge in [-0.15, -0.1) is 0 Å². The maximum absolute atomic E-state index is 14.4. The lowest BCUT2D eigenvalue weighted by molar-refractivity contribution is -0.124. The van der Waals surface area contributed by atoms with Gasteiger partial charge in [0.05, 0.1) is 35.0 Å². The molecule has 0 saturated carbocycles. The average Bonchev–Trinajstić information content (AvgIpc) is 3.63. The molecule has 2 fully saturated rings. The van der Waals surface area contributed by atoms with E-state index < -0.39 is 23.7 Å². The van der Waals surface area contributed by atoms with Crippen molar-refractivity contribution in [1.82, 2.24) is 0 Å². The summed E-state index contributed by atoms with van der Waals surface area (Å²) in [6.07, 6.45) is 8.32. The van der Waals surface area contributed by atoms with E-state index in [1.165, 1.54) is 9.80 Å². The van der Waals surface area contributed by atoms with Crippen molar-refractivity contribution in [3.63, 3.8) is 0 Å². The Morgan fingerprint density at radius 2 is 0.500 bits per heavy atom. The van der Waals surface area contributed by atoms with Gasteiger partial charge in [0.2, 0.25) is 23.6 Å². The molecule has 5 aromatic rings. The number of allylic oxidation sites excluding steroid dienone is 4. The average molecular weight is 681 g/mol. The Morgan fingerprint density at radius 1 is 0.288 bits per heavy atom. The van der Waals surface area contributed by atoms with Crippen molar-refractivity contribution in [1.29, 1.82) is 0 Å². The van der Waals surface area contributed by atoms with Gasteiger partial charge < -0.3 is 0 Å². The Hall–Kier alpha value is -6.14. The zero-order chi connectivity index (χ0) is 35.3. The maximum Gasteiger partial charge on any atom is 0.238 e. The van der Waals surface area contributed by atoms with Crippen LogP contribution in [0, 0.1) is 23.7 Å². The zero-order valence-electron chi connectivity index (χ0n) is 28.3. The summed E-state index contributed by atoms with van der Waals surface area (Å²) in [5.74, 6) is -4.30. The summed E-state index contributed by atoms with van der Waals surface area (Å²) in [6.45, 7) is 0. The molecule has 5 aromatic carbocycles. The molecule has 0 bridgehead atoms. The highest BCUT2D eigenvalue weighted by molar-refractivity contribution is 6.24. The summed E-state index contributed by atoms with van der Waals surface area (Å²) in [5.41, 5.74) is 4.81. The quantitative estimate of drug-likeness (QED) is 0.134. The molecule has 2 heterocycles. The van der Waals surface area contributed by atoms with Gasteiger partial charge in [0.15, 0.2) is 0 Å². The summed E-state index contributed by atoms with van der Waals surface area (Å²) >= 11 is 0. The van der Waals surface area contributed by atoms with Gasteiger partial charge in [-0.2, -0.15) is 0 Å². The minimum atomic E-state index is -0.577. The standard InChI is InChI=1S/C46H36N2O4/c49-43-39-35(29-13-5-1-6-14-29)25-26-36(30-15-7-2-8-16-30)40(39)44(50)47(43)33-21-23-34(24-22-33)48-45(51)41-37(31-17-9-3-10-18-31)27-28-38(42(41)46(48)52)32-19-11-4-12-20-32/h1-28,35-42H/t35-,36-,37-,38+,39-,40-,41+,42-/m1/s1. The molecule has 0 radical (unpaired) electrons. The third-order valence-corrected chi connectivity index (χ3v) is 11.5. The minimum absolute atomic E-state index is 0.247. The van der Waals surface area contributed by atoms with Crippen molar-refractivity contribution in [2.75, 3.05) is 9.80 Å². The van der Waals surface area contributed by atoms with Crippen molar-refractivity contribution in [2.45, 2.75) is 23.7 Å². The summed E-state index contributed by atoms with van der Waals surface area (Å²) in [7, 11) is 0. The fraction of sp³-hybridized carbons (Fsp3) is 0.174. The Bertz CT molecular complexity index is 1920. The smallest absolute Gasteiger partial charge is 0.238 e. The van der Waals surface area contributed by atoms with Crippen LogP contribution in [0.3, 0.4) is 0 Å². The van der Waals surface area contributed by atoms with Gasteiger partial charge >= 0.3 is 0 Å². The summed E-state index contributed by atoms with van der Waals surface area (Å²) in [6, 6.07) is 46.2. The van der Waals surface area contributed by atoms with E-state index in [0.717, 1.165) is 22.3 Å². The zero-order valence-corrected chi connectivity index (χ0v) is 28.3. The van der Waals surface area contributed by atoms with Gasteiger partial charge in [-0.3, -0.25) is 19.2 Å². The van der Waals surface area contributed by atoms with Gasteiger partial charge in [0.25, 0.3) is 0 Å². The summed E-state index contributed by atoms with van der Waals surface area (Å²) in [5, 5.41) is 0. The molecule has 0 aromatic heterocycles. The molecule has 0 N–H and O–H groups in total. The van der Waals surface area contributed by atoms with Crippen molar-refractivity contribution in [3.05, 3.63) is 192 Å². The van der Waals surface area contributed by atoms with Crippen molar-refractivity contribution in [2.24, 2.45) is 23.7 Å². The van der Waals surface area contributed by atoms with Crippen LogP contribution in [0.2, 0.25) is 0 Å². The SMILES string of the molecule is O=C1[C@@H]2[C@H](C(=O)N1c1ccc(N3C(=O)[C@H]4[C@H](C3=O)[C@@H](c3ccccc3)C=C[C@@H]4c3ccccc3)cc1)[C@H](c1ccccc1)C=C[C@@H]2c1ccccc1. The van der Waals surface area contributed by atoms with E-state index in [1.807, 2.05) is 121 Å². The van der Waals surface area contributed by atoms with Gasteiger partial charge in [0, 0.05) is 23.7 Å². The number of anilines is 2. The van der Waals surface area contributed by atoms with Crippen LogP contribution in [0.15, 0.2) is 170 Å². The molecule has 2 aliphatic carbocycles. The highest BCUT2D eigenvalue weighted by Gasteiger charge is 2.57. The molecule has 2 saturated heterocycles. The second-order valence-electron chi connectivity index (χ2n) is 14.2. The van der Waals surface area contributed by atoms with Crippen LogP contribution >= 0.6 is 0 Å². The topological polar surface area (TPSA) is 74.8 Å². The molecule has 0 unspecified atom stereocenters. The molecule has 4 amide bonds. The first kappa shape index (κ1) is 31.8. The van der Waals surface area contributed by atoms with E-state index in [2.05, 4.69) is 24.3 Å². The number of nitrogens with zero attached hydrogens (tertiary/aromatic N) is 2. The normalized spacial score (nSPS) is 27.9. The second-order valence-corrected chi connectivity index (χ2v) is 14.2. The number of carbonyl (C=O) groups is 4. The van der Waals surface area contributed by atoms with Crippen molar-refractivity contribution in [3.8, 4) is 0 Å². The fourth-order valence-electron chi connectivity index (χ4n) is 9.13. The molecular weight excluding hydrogens is 645 g/mol. The van der Waals surface area contributed by atoms with E-state index in [4.69, 9.17) is 0 Å². The lowest BCUT2D eigenvalue weighted by Crippen LogP contribution is -2.33. The van der Waals surface area contributed by atoms with Gasteiger partial charge in [-0.1, -0.05) is 146 Å². The molecule has 6 heteroatoms. The van der Waals surface area contributed by atoms with E-state index in [9.17, 15) is 19.2 Å². The third kappa shape index (κ3) is 5.09. The molecule has 8 atom stereocenters. The first-order chi connectivity index (χ1) is 25.5. The Kier molecular flexibility index (Phi) is 7.88. The number of benzene rings is 5. The predicted molar refractivity (Wildman–Crippen MR) is 200 cm³/mol. The highest BCUT2D eigenvalue weighted by atomic mass is 16.2. The van der Waals surface area contributed by atoms with Gasteiger partial charge in [-0.25, -0.2) is 9.80 Å². The number of imide groups is 2. The number of carbonyl (C=O) groups excluding carboxylic acids is 4. The van der Waals surface area contributed by atoms with Crippen LogP contribution in [0.1, 0.15) is 45.9 Å². The Balaban J connectivity index is 1.05. The molecular formula is C46H36N2O4. The first-order valence-corrected chi connectivity index (χ1v) is 17.9.